The zero-order valence-corrected chi connectivity index (χ0v) is 12.0. The van der Waals surface area contributed by atoms with E-state index in [0.717, 1.165) is 10.2 Å². The van der Waals surface area contributed by atoms with Crippen LogP contribution in [0.5, 0.6) is 0 Å². The van der Waals surface area contributed by atoms with E-state index in [1.165, 1.54) is 16.2 Å². The molecule has 110 valence electrons. The largest absolute Gasteiger partial charge is 0.390 e. The van der Waals surface area contributed by atoms with Gasteiger partial charge in [-0.3, -0.25) is 0 Å². The SMILES string of the molecule is CCNc1nc(N(C)CCC(F)(F)F)c2ccsc2n1. The topological polar surface area (TPSA) is 41.1 Å². The molecule has 0 saturated carbocycles. The highest BCUT2D eigenvalue weighted by atomic mass is 32.1. The third-order valence-electron chi connectivity index (χ3n) is 2.73. The van der Waals surface area contributed by atoms with Gasteiger partial charge < -0.3 is 10.2 Å². The van der Waals surface area contributed by atoms with E-state index >= 15 is 0 Å². The second-order valence-corrected chi connectivity index (χ2v) is 5.22. The van der Waals surface area contributed by atoms with Gasteiger partial charge in [0.25, 0.3) is 0 Å². The van der Waals surface area contributed by atoms with E-state index in [1.807, 2.05) is 18.4 Å². The maximum absolute atomic E-state index is 12.3. The van der Waals surface area contributed by atoms with Crippen molar-refractivity contribution in [2.75, 3.05) is 30.4 Å². The number of halogens is 3. The first kappa shape index (κ1) is 14.8. The molecule has 0 amide bonds. The molecule has 0 fully saturated rings. The van der Waals surface area contributed by atoms with Gasteiger partial charge in [0.15, 0.2) is 0 Å². The van der Waals surface area contributed by atoms with Crippen LogP contribution < -0.4 is 10.2 Å². The lowest BCUT2D eigenvalue weighted by atomic mass is 10.3. The number of thiophene rings is 1. The fourth-order valence-corrected chi connectivity index (χ4v) is 2.53. The zero-order chi connectivity index (χ0) is 14.8. The molecule has 0 radical (unpaired) electrons. The first-order valence-electron chi connectivity index (χ1n) is 6.17. The Hall–Kier alpha value is -1.57. The van der Waals surface area contributed by atoms with Crippen LogP contribution in [0, 0.1) is 0 Å². The predicted molar refractivity (Wildman–Crippen MR) is 75.5 cm³/mol. The summed E-state index contributed by atoms with van der Waals surface area (Å²) in [4.78, 5) is 10.9. The van der Waals surface area contributed by atoms with Gasteiger partial charge in [0.05, 0.1) is 11.8 Å². The average molecular weight is 304 g/mol. The molecule has 2 heterocycles. The van der Waals surface area contributed by atoms with Crippen molar-refractivity contribution in [3.63, 3.8) is 0 Å². The number of nitrogens with zero attached hydrogens (tertiary/aromatic N) is 3. The van der Waals surface area contributed by atoms with Crippen LogP contribution in [-0.2, 0) is 0 Å². The van der Waals surface area contributed by atoms with Gasteiger partial charge in [0.2, 0.25) is 5.95 Å². The Bertz CT molecular complexity index is 582. The summed E-state index contributed by atoms with van der Waals surface area (Å²) in [6.45, 7) is 2.44. The van der Waals surface area contributed by atoms with Crippen molar-refractivity contribution in [1.29, 1.82) is 0 Å². The summed E-state index contributed by atoms with van der Waals surface area (Å²) in [5.74, 6) is 0.966. The quantitative estimate of drug-likeness (QED) is 0.918. The van der Waals surface area contributed by atoms with Crippen molar-refractivity contribution in [2.24, 2.45) is 0 Å². The molecule has 4 nitrogen and oxygen atoms in total. The molecule has 0 unspecified atom stereocenters. The molecule has 0 spiro atoms. The van der Waals surface area contributed by atoms with Crippen molar-refractivity contribution in [3.05, 3.63) is 11.4 Å². The van der Waals surface area contributed by atoms with Gasteiger partial charge in [0, 0.05) is 20.1 Å². The Morgan fingerprint density at radius 3 is 2.75 bits per heavy atom. The molecule has 0 atom stereocenters. The number of hydrogen-bond donors (Lipinski definition) is 1. The molecule has 0 aliphatic heterocycles. The monoisotopic (exact) mass is 304 g/mol. The van der Waals surface area contributed by atoms with E-state index < -0.39 is 12.6 Å². The van der Waals surface area contributed by atoms with Gasteiger partial charge in [-0.25, -0.2) is 4.98 Å². The van der Waals surface area contributed by atoms with Gasteiger partial charge >= 0.3 is 6.18 Å². The highest BCUT2D eigenvalue weighted by Gasteiger charge is 2.27. The maximum atomic E-state index is 12.3. The zero-order valence-electron chi connectivity index (χ0n) is 11.2. The van der Waals surface area contributed by atoms with Gasteiger partial charge in [-0.2, -0.15) is 18.2 Å². The smallest absolute Gasteiger partial charge is 0.359 e. The number of rotatable bonds is 5. The first-order valence-corrected chi connectivity index (χ1v) is 7.05. The Morgan fingerprint density at radius 1 is 1.35 bits per heavy atom. The van der Waals surface area contributed by atoms with E-state index in [-0.39, 0.29) is 6.54 Å². The molecule has 0 saturated heterocycles. The van der Waals surface area contributed by atoms with Crippen LogP contribution in [0.4, 0.5) is 24.9 Å². The second kappa shape index (κ2) is 5.82. The summed E-state index contributed by atoms with van der Waals surface area (Å²) in [5, 5.41) is 5.63. The van der Waals surface area contributed by atoms with Gasteiger partial charge in [-0.05, 0) is 18.4 Å². The highest BCUT2D eigenvalue weighted by Crippen LogP contribution is 2.29. The average Bonchev–Trinajstić information content (AvgIpc) is 2.82. The lowest BCUT2D eigenvalue weighted by Gasteiger charge is -2.20. The number of nitrogens with one attached hydrogen (secondary N) is 1. The van der Waals surface area contributed by atoms with Crippen LogP contribution in [0.3, 0.4) is 0 Å². The van der Waals surface area contributed by atoms with E-state index in [0.29, 0.717) is 18.3 Å². The van der Waals surface area contributed by atoms with E-state index in [1.54, 1.807) is 7.05 Å². The third kappa shape index (κ3) is 3.50. The summed E-state index contributed by atoms with van der Waals surface area (Å²) in [7, 11) is 1.61. The highest BCUT2D eigenvalue weighted by molar-refractivity contribution is 7.16. The van der Waals surface area contributed by atoms with Crippen LogP contribution in [0.2, 0.25) is 0 Å². The molecule has 1 N–H and O–H groups in total. The van der Waals surface area contributed by atoms with Crippen molar-refractivity contribution in [1.82, 2.24) is 9.97 Å². The van der Waals surface area contributed by atoms with Crippen LogP contribution in [-0.4, -0.2) is 36.3 Å². The number of anilines is 2. The van der Waals surface area contributed by atoms with Crippen molar-refractivity contribution in [3.8, 4) is 0 Å². The molecule has 0 bridgehead atoms. The molecular formula is C12H15F3N4S. The Morgan fingerprint density at radius 2 is 2.10 bits per heavy atom. The van der Waals surface area contributed by atoms with Crippen LogP contribution in [0.15, 0.2) is 11.4 Å². The van der Waals surface area contributed by atoms with Gasteiger partial charge in [-0.15, -0.1) is 11.3 Å². The molecule has 0 aliphatic rings. The second-order valence-electron chi connectivity index (χ2n) is 4.33. The van der Waals surface area contributed by atoms with Crippen LogP contribution in [0.1, 0.15) is 13.3 Å². The van der Waals surface area contributed by atoms with E-state index in [2.05, 4.69) is 15.3 Å². The standard InChI is InChI=1S/C12H15F3N4S/c1-3-16-11-17-9(8-4-7-20-10(8)18-11)19(2)6-5-12(13,14)15/h4,7H,3,5-6H2,1-2H3,(H,16,17,18). The summed E-state index contributed by atoms with van der Waals surface area (Å²) in [5.41, 5.74) is 0. The minimum atomic E-state index is -4.17. The minimum Gasteiger partial charge on any atom is -0.359 e. The van der Waals surface area contributed by atoms with E-state index in [9.17, 15) is 13.2 Å². The molecule has 2 aromatic heterocycles. The number of alkyl halides is 3. The summed E-state index contributed by atoms with van der Waals surface area (Å²) >= 11 is 1.44. The predicted octanol–water partition coefficient (Wildman–Crippen LogP) is 3.51. The fraction of sp³-hybridized carbons (Fsp3) is 0.500. The molecule has 2 aromatic rings. The molecule has 2 rings (SSSR count). The van der Waals surface area contributed by atoms with Crippen molar-refractivity contribution in [2.45, 2.75) is 19.5 Å². The van der Waals surface area contributed by atoms with Crippen LogP contribution in [0.25, 0.3) is 10.2 Å². The number of hydrogen-bond acceptors (Lipinski definition) is 5. The fourth-order valence-electron chi connectivity index (χ4n) is 1.77. The normalized spacial score (nSPS) is 11.8. The lowest BCUT2D eigenvalue weighted by molar-refractivity contribution is -0.132. The van der Waals surface area contributed by atoms with Crippen molar-refractivity contribution >= 4 is 33.3 Å². The molecule has 0 aromatic carbocycles. The Kier molecular flexibility index (Phi) is 4.32. The molecule has 20 heavy (non-hydrogen) atoms. The van der Waals surface area contributed by atoms with E-state index in [4.69, 9.17) is 0 Å². The summed E-state index contributed by atoms with van der Waals surface area (Å²) in [6, 6.07) is 1.83. The third-order valence-corrected chi connectivity index (χ3v) is 3.54. The minimum absolute atomic E-state index is 0.128. The first-order chi connectivity index (χ1) is 9.40. The maximum Gasteiger partial charge on any atom is 0.390 e. The number of fused-ring (bicyclic) bond motifs is 1. The Balaban J connectivity index is 2.28. The summed E-state index contributed by atoms with van der Waals surface area (Å²) < 4.78 is 36.9. The van der Waals surface area contributed by atoms with Crippen molar-refractivity contribution < 1.29 is 13.2 Å². The van der Waals surface area contributed by atoms with Gasteiger partial charge in [0.1, 0.15) is 10.6 Å². The number of aromatic nitrogens is 2. The molecule has 8 heteroatoms. The Labute approximate surface area is 118 Å². The summed E-state index contributed by atoms with van der Waals surface area (Å²) in [6.07, 6.45) is -5.03. The molecule has 0 aliphatic carbocycles. The van der Waals surface area contributed by atoms with Crippen LogP contribution >= 0.6 is 11.3 Å². The lowest BCUT2D eigenvalue weighted by Crippen LogP contribution is -2.25. The van der Waals surface area contributed by atoms with Gasteiger partial charge in [-0.1, -0.05) is 0 Å². The molecular weight excluding hydrogens is 289 g/mol.